The van der Waals surface area contributed by atoms with Crippen molar-refractivity contribution in [2.45, 2.75) is 25.8 Å². The zero-order valence-electron chi connectivity index (χ0n) is 16.0. The Morgan fingerprint density at radius 1 is 1.07 bits per heavy atom. The molecule has 7 heteroatoms. The third-order valence-electron chi connectivity index (χ3n) is 5.82. The average molecular weight is 383 g/mol. The van der Waals surface area contributed by atoms with E-state index in [1.54, 1.807) is 6.92 Å². The van der Waals surface area contributed by atoms with Crippen molar-refractivity contribution in [3.63, 3.8) is 0 Å². The lowest BCUT2D eigenvalue weighted by atomic mass is 9.85. The molecule has 3 aliphatic rings. The van der Waals surface area contributed by atoms with Crippen LogP contribution < -0.4 is 10.2 Å². The molecule has 1 aliphatic carbocycles. The molecule has 1 aromatic carbocycles. The van der Waals surface area contributed by atoms with Crippen LogP contribution in [0.1, 0.15) is 19.8 Å². The Morgan fingerprint density at radius 3 is 2.32 bits per heavy atom. The van der Waals surface area contributed by atoms with Crippen LogP contribution in [0.15, 0.2) is 36.4 Å². The number of anilines is 2. The summed E-state index contributed by atoms with van der Waals surface area (Å²) >= 11 is 0. The molecule has 2 aliphatic heterocycles. The monoisotopic (exact) mass is 383 g/mol. The average Bonchev–Trinajstić information content (AvgIpc) is 2.99. The molecule has 0 spiro atoms. The van der Waals surface area contributed by atoms with Crippen LogP contribution in [0.25, 0.3) is 0 Å². The molecule has 0 aromatic heterocycles. The minimum atomic E-state index is -0.844. The fraction of sp³-hybridized carbons (Fsp3) is 0.476. The Balaban J connectivity index is 1.50. The summed E-state index contributed by atoms with van der Waals surface area (Å²) in [5, 5.41) is 2.92. The second-order valence-corrected chi connectivity index (χ2v) is 7.48. The normalized spacial score (nSPS) is 25.6. The lowest BCUT2D eigenvalue weighted by Crippen LogP contribution is -2.46. The number of para-hydroxylation sites is 2. The number of amides is 3. The van der Waals surface area contributed by atoms with E-state index < -0.39 is 6.04 Å². The van der Waals surface area contributed by atoms with E-state index in [-0.39, 0.29) is 29.6 Å². The number of benzene rings is 1. The summed E-state index contributed by atoms with van der Waals surface area (Å²) < 4.78 is 5.40. The first kappa shape index (κ1) is 18.7. The van der Waals surface area contributed by atoms with Crippen LogP contribution in [-0.2, 0) is 19.1 Å². The van der Waals surface area contributed by atoms with Gasteiger partial charge >= 0.3 is 0 Å². The van der Waals surface area contributed by atoms with Crippen LogP contribution in [0.2, 0.25) is 0 Å². The number of ether oxygens (including phenoxy) is 1. The van der Waals surface area contributed by atoms with Crippen molar-refractivity contribution in [3.8, 4) is 0 Å². The van der Waals surface area contributed by atoms with Gasteiger partial charge in [-0.25, -0.2) is 0 Å². The highest BCUT2D eigenvalue weighted by Gasteiger charge is 2.50. The molecule has 148 valence electrons. The molecule has 4 rings (SSSR count). The number of hydrogen-bond acceptors (Lipinski definition) is 5. The van der Waals surface area contributed by atoms with Crippen molar-refractivity contribution >= 4 is 29.1 Å². The van der Waals surface area contributed by atoms with E-state index in [0.29, 0.717) is 31.7 Å². The fourth-order valence-electron chi connectivity index (χ4n) is 4.22. The maximum Gasteiger partial charge on any atom is 0.247 e. The van der Waals surface area contributed by atoms with Crippen molar-refractivity contribution in [2.75, 3.05) is 36.5 Å². The standard InChI is InChI=1S/C21H25N3O4/c1-14(24-20(26)15-6-2-3-7-16(15)21(24)27)19(25)22-17-8-4-5-9-18(17)23-10-12-28-13-11-23/h2-5,8-9,14-16H,6-7,10-13H2,1H3,(H,22,25). The first-order valence-electron chi connectivity index (χ1n) is 9.82. The number of allylic oxidation sites excluding steroid dienone is 2. The summed E-state index contributed by atoms with van der Waals surface area (Å²) in [6.45, 7) is 4.41. The van der Waals surface area contributed by atoms with Gasteiger partial charge in [0.25, 0.3) is 0 Å². The van der Waals surface area contributed by atoms with Gasteiger partial charge in [0.05, 0.1) is 36.4 Å². The number of fused-ring (bicyclic) bond motifs is 1. The van der Waals surface area contributed by atoms with Gasteiger partial charge in [0.1, 0.15) is 6.04 Å². The van der Waals surface area contributed by atoms with Crippen molar-refractivity contribution in [1.82, 2.24) is 4.90 Å². The van der Waals surface area contributed by atoms with E-state index in [2.05, 4.69) is 10.2 Å². The van der Waals surface area contributed by atoms with E-state index in [9.17, 15) is 14.4 Å². The molecule has 3 atom stereocenters. The molecule has 3 unspecified atom stereocenters. The molecule has 7 nitrogen and oxygen atoms in total. The number of carbonyl (C=O) groups excluding carboxylic acids is 3. The van der Waals surface area contributed by atoms with Gasteiger partial charge in [-0.3, -0.25) is 19.3 Å². The number of imide groups is 1. The van der Waals surface area contributed by atoms with Crippen LogP contribution >= 0.6 is 0 Å². The molecule has 0 saturated carbocycles. The van der Waals surface area contributed by atoms with Gasteiger partial charge < -0.3 is 15.0 Å². The molecule has 0 bridgehead atoms. The molecule has 2 heterocycles. The quantitative estimate of drug-likeness (QED) is 0.634. The van der Waals surface area contributed by atoms with E-state index in [1.165, 1.54) is 0 Å². The van der Waals surface area contributed by atoms with Gasteiger partial charge in [-0.05, 0) is 31.9 Å². The van der Waals surface area contributed by atoms with E-state index in [4.69, 9.17) is 4.74 Å². The highest BCUT2D eigenvalue weighted by Crippen LogP contribution is 2.36. The van der Waals surface area contributed by atoms with Crippen molar-refractivity contribution in [1.29, 1.82) is 0 Å². The SMILES string of the molecule is CC(C(=O)Nc1ccccc1N1CCOCC1)N1C(=O)C2CC=CCC2C1=O. The zero-order chi connectivity index (χ0) is 19.7. The zero-order valence-corrected chi connectivity index (χ0v) is 16.0. The van der Waals surface area contributed by atoms with Crippen LogP contribution in [0.4, 0.5) is 11.4 Å². The number of carbonyl (C=O) groups is 3. The summed E-state index contributed by atoms with van der Waals surface area (Å²) in [6.07, 6.45) is 5.03. The number of nitrogens with one attached hydrogen (secondary N) is 1. The summed E-state index contributed by atoms with van der Waals surface area (Å²) in [6, 6.07) is 6.74. The first-order valence-corrected chi connectivity index (χ1v) is 9.82. The Kier molecular flexibility index (Phi) is 5.17. The minimum Gasteiger partial charge on any atom is -0.378 e. The van der Waals surface area contributed by atoms with Gasteiger partial charge in [-0.15, -0.1) is 0 Å². The Morgan fingerprint density at radius 2 is 1.68 bits per heavy atom. The Hall–Kier alpha value is -2.67. The molecule has 3 amide bonds. The van der Waals surface area contributed by atoms with Crippen LogP contribution in [0, 0.1) is 11.8 Å². The van der Waals surface area contributed by atoms with E-state index in [0.717, 1.165) is 23.7 Å². The van der Waals surface area contributed by atoms with Crippen molar-refractivity contribution in [2.24, 2.45) is 11.8 Å². The van der Waals surface area contributed by atoms with Crippen LogP contribution in [0.5, 0.6) is 0 Å². The third-order valence-corrected chi connectivity index (χ3v) is 5.82. The third kappa shape index (κ3) is 3.30. The van der Waals surface area contributed by atoms with E-state index in [1.807, 2.05) is 36.4 Å². The summed E-state index contributed by atoms with van der Waals surface area (Å²) in [4.78, 5) is 41.7. The smallest absolute Gasteiger partial charge is 0.247 e. The summed E-state index contributed by atoms with van der Waals surface area (Å²) in [5.74, 6) is -1.47. The van der Waals surface area contributed by atoms with Gasteiger partial charge in [0, 0.05) is 13.1 Å². The molecule has 2 saturated heterocycles. The Labute approximate surface area is 164 Å². The number of hydrogen-bond donors (Lipinski definition) is 1. The molecule has 2 fully saturated rings. The number of rotatable bonds is 4. The maximum absolute atomic E-state index is 12.9. The second-order valence-electron chi connectivity index (χ2n) is 7.48. The highest BCUT2D eigenvalue weighted by molar-refractivity contribution is 6.10. The predicted octanol–water partition coefficient (Wildman–Crippen LogP) is 1.80. The molecule has 28 heavy (non-hydrogen) atoms. The van der Waals surface area contributed by atoms with Gasteiger partial charge in [-0.1, -0.05) is 24.3 Å². The number of morpholine rings is 1. The lowest BCUT2D eigenvalue weighted by molar-refractivity contribution is -0.146. The number of likely N-dealkylation sites (tertiary alicyclic amines) is 1. The van der Waals surface area contributed by atoms with Crippen LogP contribution in [0.3, 0.4) is 0 Å². The molecular formula is C21H25N3O4. The van der Waals surface area contributed by atoms with E-state index >= 15 is 0 Å². The second kappa shape index (κ2) is 7.75. The topological polar surface area (TPSA) is 79.0 Å². The molecule has 1 N–H and O–H groups in total. The highest BCUT2D eigenvalue weighted by atomic mass is 16.5. The molecular weight excluding hydrogens is 358 g/mol. The fourth-order valence-corrected chi connectivity index (χ4v) is 4.22. The number of nitrogens with zero attached hydrogens (tertiary/aromatic N) is 2. The van der Waals surface area contributed by atoms with Crippen molar-refractivity contribution in [3.05, 3.63) is 36.4 Å². The first-order chi connectivity index (χ1) is 13.6. The molecule has 0 radical (unpaired) electrons. The van der Waals surface area contributed by atoms with Crippen LogP contribution in [-0.4, -0.2) is 55.0 Å². The lowest BCUT2D eigenvalue weighted by Gasteiger charge is -2.31. The van der Waals surface area contributed by atoms with Gasteiger partial charge in [-0.2, -0.15) is 0 Å². The molecule has 1 aromatic rings. The minimum absolute atomic E-state index is 0.233. The van der Waals surface area contributed by atoms with Gasteiger partial charge in [0.2, 0.25) is 17.7 Å². The largest absolute Gasteiger partial charge is 0.378 e. The Bertz CT molecular complexity index is 790. The van der Waals surface area contributed by atoms with Crippen molar-refractivity contribution < 1.29 is 19.1 Å². The maximum atomic E-state index is 12.9. The summed E-state index contributed by atoms with van der Waals surface area (Å²) in [5.41, 5.74) is 1.60. The van der Waals surface area contributed by atoms with Gasteiger partial charge in [0.15, 0.2) is 0 Å². The summed E-state index contributed by atoms with van der Waals surface area (Å²) in [7, 11) is 0. The predicted molar refractivity (Wildman–Crippen MR) is 105 cm³/mol.